The molecule has 1 atom stereocenters. The molecule has 3 aromatic rings. The smallest absolute Gasteiger partial charge is 0.221 e. The van der Waals surface area contributed by atoms with E-state index < -0.39 is 6.04 Å². The van der Waals surface area contributed by atoms with E-state index in [1.54, 1.807) is 18.3 Å². The zero-order valence-corrected chi connectivity index (χ0v) is 14.9. The number of aryl methyl sites for hydroxylation is 3. The second-order valence-corrected chi connectivity index (χ2v) is 6.43. The number of halogens is 1. The molecule has 0 unspecified atom stereocenters. The van der Waals surface area contributed by atoms with Crippen LogP contribution in [0.4, 0.5) is 4.39 Å². The number of amides is 1. The van der Waals surface area contributed by atoms with Crippen LogP contribution in [0.15, 0.2) is 60.9 Å². The Bertz CT molecular complexity index is 869. The summed E-state index contributed by atoms with van der Waals surface area (Å²) < 4.78 is 15.1. The first kappa shape index (κ1) is 17.9. The summed E-state index contributed by atoms with van der Waals surface area (Å²) in [6, 6.07) is 13.9. The number of nitrogens with zero attached hydrogens (tertiary/aromatic N) is 2. The monoisotopic (exact) mass is 351 g/mol. The molecular formula is C21H22FN3O. The van der Waals surface area contributed by atoms with Crippen LogP contribution in [0.3, 0.4) is 0 Å². The molecule has 2 aromatic carbocycles. The van der Waals surface area contributed by atoms with Gasteiger partial charge >= 0.3 is 0 Å². The fourth-order valence-electron chi connectivity index (χ4n) is 2.85. The Morgan fingerprint density at radius 2 is 1.85 bits per heavy atom. The first-order valence-corrected chi connectivity index (χ1v) is 8.60. The minimum Gasteiger partial charge on any atom is -0.342 e. The van der Waals surface area contributed by atoms with Gasteiger partial charge in [-0.25, -0.2) is 9.37 Å². The van der Waals surface area contributed by atoms with E-state index >= 15 is 0 Å². The van der Waals surface area contributed by atoms with Gasteiger partial charge < -0.3 is 9.88 Å². The molecule has 1 amide bonds. The number of hydrogen-bond donors (Lipinski definition) is 1. The van der Waals surface area contributed by atoms with Gasteiger partial charge in [0.2, 0.25) is 5.91 Å². The standard InChI is InChI=1S/C21H22FN3O/c1-15-3-5-16(6-4-15)7-12-19(26)24-20(21-23-13-14-25(21)2)17-8-10-18(22)11-9-17/h3-6,8-11,13-14,20H,7,12H2,1-2H3,(H,24,26)/t20-/m0/s1. The van der Waals surface area contributed by atoms with Crippen molar-refractivity contribution in [3.05, 3.63) is 89.3 Å². The van der Waals surface area contributed by atoms with Crippen molar-refractivity contribution in [2.24, 2.45) is 7.05 Å². The van der Waals surface area contributed by atoms with Crippen molar-refractivity contribution < 1.29 is 9.18 Å². The van der Waals surface area contributed by atoms with Crippen LogP contribution in [0.5, 0.6) is 0 Å². The lowest BCUT2D eigenvalue weighted by Gasteiger charge is -2.19. The Hall–Kier alpha value is -2.95. The molecular weight excluding hydrogens is 329 g/mol. The summed E-state index contributed by atoms with van der Waals surface area (Å²) in [7, 11) is 1.87. The normalized spacial score (nSPS) is 12.0. The molecule has 1 aromatic heterocycles. The lowest BCUT2D eigenvalue weighted by molar-refractivity contribution is -0.121. The van der Waals surface area contributed by atoms with Gasteiger partial charge in [-0.3, -0.25) is 4.79 Å². The van der Waals surface area contributed by atoms with Crippen LogP contribution in [0, 0.1) is 12.7 Å². The average molecular weight is 351 g/mol. The molecule has 26 heavy (non-hydrogen) atoms. The summed E-state index contributed by atoms with van der Waals surface area (Å²) in [5.74, 6) is 0.334. The molecule has 0 radical (unpaired) electrons. The van der Waals surface area contributed by atoms with Crippen molar-refractivity contribution in [3.8, 4) is 0 Å². The van der Waals surface area contributed by atoms with Crippen molar-refractivity contribution in [1.82, 2.24) is 14.9 Å². The second-order valence-electron chi connectivity index (χ2n) is 6.43. The summed E-state index contributed by atoms with van der Waals surface area (Å²) >= 11 is 0. The molecule has 134 valence electrons. The highest BCUT2D eigenvalue weighted by molar-refractivity contribution is 5.77. The number of imidazole rings is 1. The molecule has 0 aliphatic rings. The molecule has 0 bridgehead atoms. The van der Waals surface area contributed by atoms with Gasteiger partial charge in [-0.1, -0.05) is 42.0 Å². The minimum absolute atomic E-state index is 0.0668. The van der Waals surface area contributed by atoms with E-state index in [0.29, 0.717) is 18.7 Å². The van der Waals surface area contributed by atoms with Crippen LogP contribution in [-0.4, -0.2) is 15.5 Å². The highest BCUT2D eigenvalue weighted by Gasteiger charge is 2.20. The fraction of sp³-hybridized carbons (Fsp3) is 0.238. The highest BCUT2D eigenvalue weighted by atomic mass is 19.1. The third-order valence-corrected chi connectivity index (χ3v) is 4.39. The van der Waals surface area contributed by atoms with E-state index in [0.717, 1.165) is 11.1 Å². The van der Waals surface area contributed by atoms with Crippen molar-refractivity contribution in [2.75, 3.05) is 0 Å². The Morgan fingerprint density at radius 3 is 2.46 bits per heavy atom. The van der Waals surface area contributed by atoms with E-state index in [4.69, 9.17) is 0 Å². The molecule has 0 aliphatic carbocycles. The molecule has 0 saturated heterocycles. The van der Waals surface area contributed by atoms with Crippen molar-refractivity contribution in [2.45, 2.75) is 25.8 Å². The van der Waals surface area contributed by atoms with Gasteiger partial charge in [-0.2, -0.15) is 0 Å². The fourth-order valence-corrected chi connectivity index (χ4v) is 2.85. The second kappa shape index (κ2) is 7.95. The van der Waals surface area contributed by atoms with E-state index in [1.165, 1.54) is 17.7 Å². The number of carbonyl (C=O) groups excluding carboxylic acids is 1. The number of aromatic nitrogens is 2. The topological polar surface area (TPSA) is 46.9 Å². The van der Waals surface area contributed by atoms with Gasteiger partial charge in [-0.05, 0) is 36.6 Å². The molecule has 3 rings (SSSR count). The van der Waals surface area contributed by atoms with Crippen LogP contribution < -0.4 is 5.32 Å². The molecule has 5 heteroatoms. The zero-order valence-electron chi connectivity index (χ0n) is 14.9. The maximum atomic E-state index is 13.3. The van der Waals surface area contributed by atoms with Crippen molar-refractivity contribution in [1.29, 1.82) is 0 Å². The van der Waals surface area contributed by atoms with E-state index in [2.05, 4.69) is 10.3 Å². The van der Waals surface area contributed by atoms with E-state index in [-0.39, 0.29) is 11.7 Å². The predicted molar refractivity (Wildman–Crippen MR) is 99.1 cm³/mol. The van der Waals surface area contributed by atoms with Gasteiger partial charge in [-0.15, -0.1) is 0 Å². The molecule has 0 saturated carbocycles. The molecule has 0 spiro atoms. The Balaban J connectivity index is 1.73. The lowest BCUT2D eigenvalue weighted by Crippen LogP contribution is -2.31. The molecule has 1 N–H and O–H groups in total. The Labute approximate surface area is 152 Å². The average Bonchev–Trinajstić information content (AvgIpc) is 3.06. The van der Waals surface area contributed by atoms with Crippen LogP contribution >= 0.6 is 0 Å². The maximum Gasteiger partial charge on any atom is 0.221 e. The third-order valence-electron chi connectivity index (χ3n) is 4.39. The van der Waals surface area contributed by atoms with Gasteiger partial charge in [0, 0.05) is 25.9 Å². The van der Waals surface area contributed by atoms with E-state index in [1.807, 2.05) is 49.0 Å². The van der Waals surface area contributed by atoms with Crippen molar-refractivity contribution >= 4 is 5.91 Å². The van der Waals surface area contributed by atoms with Crippen LogP contribution in [0.25, 0.3) is 0 Å². The van der Waals surface area contributed by atoms with Gasteiger partial charge in [0.15, 0.2) is 0 Å². The third kappa shape index (κ3) is 4.36. The molecule has 0 fully saturated rings. The first-order chi connectivity index (χ1) is 12.5. The summed E-state index contributed by atoms with van der Waals surface area (Å²) in [5.41, 5.74) is 3.12. The van der Waals surface area contributed by atoms with Crippen LogP contribution in [0.1, 0.15) is 35.0 Å². The van der Waals surface area contributed by atoms with Gasteiger partial charge in [0.05, 0.1) is 0 Å². The quantitative estimate of drug-likeness (QED) is 0.736. The number of rotatable bonds is 6. The number of hydrogen-bond acceptors (Lipinski definition) is 2. The summed E-state index contributed by atoms with van der Waals surface area (Å²) in [4.78, 5) is 16.9. The zero-order chi connectivity index (χ0) is 18.5. The van der Waals surface area contributed by atoms with Gasteiger partial charge in [0.25, 0.3) is 0 Å². The van der Waals surface area contributed by atoms with Crippen molar-refractivity contribution in [3.63, 3.8) is 0 Å². The molecule has 0 aliphatic heterocycles. The number of benzene rings is 2. The van der Waals surface area contributed by atoms with Crippen LogP contribution in [0.2, 0.25) is 0 Å². The predicted octanol–water partition coefficient (Wildman–Crippen LogP) is 3.71. The Kier molecular flexibility index (Phi) is 5.46. The minimum atomic E-state index is -0.416. The number of carbonyl (C=O) groups is 1. The summed E-state index contributed by atoms with van der Waals surface area (Å²) in [6.45, 7) is 2.04. The highest BCUT2D eigenvalue weighted by Crippen LogP contribution is 2.21. The van der Waals surface area contributed by atoms with Crippen LogP contribution in [-0.2, 0) is 18.3 Å². The SMILES string of the molecule is Cc1ccc(CCC(=O)N[C@@H](c2ccc(F)cc2)c2nccn2C)cc1. The van der Waals surface area contributed by atoms with E-state index in [9.17, 15) is 9.18 Å². The Morgan fingerprint density at radius 1 is 1.15 bits per heavy atom. The maximum absolute atomic E-state index is 13.3. The number of nitrogens with one attached hydrogen (secondary N) is 1. The first-order valence-electron chi connectivity index (χ1n) is 8.60. The largest absolute Gasteiger partial charge is 0.342 e. The van der Waals surface area contributed by atoms with Gasteiger partial charge in [0.1, 0.15) is 17.7 Å². The molecule has 4 nitrogen and oxygen atoms in total. The lowest BCUT2D eigenvalue weighted by atomic mass is 10.0. The summed E-state index contributed by atoms with van der Waals surface area (Å²) in [5, 5.41) is 3.03. The summed E-state index contributed by atoms with van der Waals surface area (Å²) in [6.07, 6.45) is 4.56. The molecule has 1 heterocycles.